The van der Waals surface area contributed by atoms with Gasteiger partial charge in [-0.2, -0.15) is 0 Å². The summed E-state index contributed by atoms with van der Waals surface area (Å²) in [4.78, 5) is 48.7. The molecule has 0 saturated heterocycles. The minimum atomic E-state index is -1.00. The highest BCUT2D eigenvalue weighted by Gasteiger charge is 2.23. The van der Waals surface area contributed by atoms with Crippen LogP contribution in [0.1, 0.15) is 79.2 Å². The average molecular weight is 508 g/mol. The van der Waals surface area contributed by atoms with E-state index in [-0.39, 0.29) is 48.8 Å². The SMILES string of the molecule is CCCC(C)C(=O)Oc1ccc(C[C@H](N)C(=O)O[C@@H](C)COC(=O)CC)cc1OC(=O)C(C)CCC. The first-order chi connectivity index (χ1) is 17.0. The molecule has 0 saturated carbocycles. The van der Waals surface area contributed by atoms with Crippen LogP contribution in [0.5, 0.6) is 11.5 Å². The van der Waals surface area contributed by atoms with Gasteiger partial charge in [0.1, 0.15) is 18.8 Å². The maximum atomic E-state index is 12.6. The summed E-state index contributed by atoms with van der Waals surface area (Å²) >= 11 is 0. The van der Waals surface area contributed by atoms with Gasteiger partial charge in [-0.25, -0.2) is 0 Å². The number of ether oxygens (including phenoxy) is 4. The first kappa shape index (κ1) is 31.1. The third-order valence-electron chi connectivity index (χ3n) is 5.52. The second-order valence-electron chi connectivity index (χ2n) is 9.10. The maximum absolute atomic E-state index is 12.6. The van der Waals surface area contributed by atoms with Gasteiger partial charge in [0.15, 0.2) is 11.5 Å². The number of esters is 4. The number of carbonyl (C=O) groups excluding carboxylic acids is 4. The lowest BCUT2D eigenvalue weighted by atomic mass is 10.0. The van der Waals surface area contributed by atoms with Crippen molar-refractivity contribution in [1.29, 1.82) is 0 Å². The van der Waals surface area contributed by atoms with Crippen molar-refractivity contribution < 1.29 is 38.1 Å². The zero-order chi connectivity index (χ0) is 27.3. The van der Waals surface area contributed by atoms with Crippen molar-refractivity contribution in [1.82, 2.24) is 0 Å². The van der Waals surface area contributed by atoms with Crippen LogP contribution in [-0.2, 0) is 35.1 Å². The van der Waals surface area contributed by atoms with E-state index in [2.05, 4.69) is 0 Å². The summed E-state index contributed by atoms with van der Waals surface area (Å²) in [5, 5.41) is 0. The molecule has 0 spiro atoms. The molecule has 2 N–H and O–H groups in total. The number of benzene rings is 1. The molecule has 0 radical (unpaired) electrons. The maximum Gasteiger partial charge on any atom is 0.323 e. The summed E-state index contributed by atoms with van der Waals surface area (Å²) in [6.45, 7) is 10.7. The summed E-state index contributed by atoms with van der Waals surface area (Å²) in [6.07, 6.45) is 2.65. The van der Waals surface area contributed by atoms with Crippen LogP contribution in [0.25, 0.3) is 0 Å². The van der Waals surface area contributed by atoms with E-state index < -0.39 is 30.1 Å². The predicted molar refractivity (Wildman–Crippen MR) is 134 cm³/mol. The van der Waals surface area contributed by atoms with Gasteiger partial charge < -0.3 is 24.7 Å². The Labute approximate surface area is 214 Å². The van der Waals surface area contributed by atoms with Crippen LogP contribution in [-0.4, -0.2) is 42.6 Å². The molecular formula is C27H41NO8. The van der Waals surface area contributed by atoms with E-state index in [1.165, 1.54) is 6.07 Å². The normalized spacial score (nSPS) is 14.2. The molecule has 0 bridgehead atoms. The van der Waals surface area contributed by atoms with Crippen molar-refractivity contribution in [3.63, 3.8) is 0 Å². The standard InChI is InChI=1S/C27H41NO8/c1-7-10-17(4)25(30)35-22-13-12-20(15-23(22)36-26(31)18(5)11-8-2)14-21(28)27(32)34-19(6)16-33-24(29)9-3/h12-13,15,17-19,21H,7-11,14,16,28H2,1-6H3/t17?,18?,19-,21-/m0/s1. The molecule has 1 aromatic rings. The van der Waals surface area contributed by atoms with Crippen molar-refractivity contribution in [3.8, 4) is 11.5 Å². The molecule has 9 nitrogen and oxygen atoms in total. The zero-order valence-corrected chi connectivity index (χ0v) is 22.3. The summed E-state index contributed by atoms with van der Waals surface area (Å²) in [6, 6.07) is 3.72. The molecule has 2 unspecified atom stereocenters. The largest absolute Gasteiger partial charge is 0.462 e. The van der Waals surface area contributed by atoms with Crippen LogP contribution in [0.2, 0.25) is 0 Å². The molecule has 4 atom stereocenters. The minimum absolute atomic E-state index is 0.0578. The second-order valence-corrected chi connectivity index (χ2v) is 9.10. The van der Waals surface area contributed by atoms with Crippen LogP contribution >= 0.6 is 0 Å². The highest BCUT2D eigenvalue weighted by atomic mass is 16.6. The lowest BCUT2D eigenvalue weighted by Gasteiger charge is -2.18. The Morgan fingerprint density at radius 3 is 1.92 bits per heavy atom. The van der Waals surface area contributed by atoms with Gasteiger partial charge in [-0.1, -0.05) is 53.5 Å². The van der Waals surface area contributed by atoms with Crippen molar-refractivity contribution >= 4 is 23.9 Å². The molecule has 36 heavy (non-hydrogen) atoms. The zero-order valence-electron chi connectivity index (χ0n) is 22.3. The van der Waals surface area contributed by atoms with Crippen LogP contribution in [0.15, 0.2) is 18.2 Å². The molecule has 0 amide bonds. The van der Waals surface area contributed by atoms with E-state index in [9.17, 15) is 19.2 Å². The Kier molecular flexibility index (Phi) is 13.8. The van der Waals surface area contributed by atoms with Crippen LogP contribution < -0.4 is 15.2 Å². The van der Waals surface area contributed by atoms with E-state index >= 15 is 0 Å². The Morgan fingerprint density at radius 1 is 0.833 bits per heavy atom. The molecule has 0 fully saturated rings. The van der Waals surface area contributed by atoms with Gasteiger partial charge in [0.05, 0.1) is 11.8 Å². The van der Waals surface area contributed by atoms with E-state index in [1.54, 1.807) is 39.8 Å². The highest BCUT2D eigenvalue weighted by Crippen LogP contribution is 2.31. The lowest BCUT2D eigenvalue weighted by Crippen LogP contribution is -2.37. The van der Waals surface area contributed by atoms with Crippen molar-refractivity contribution in [2.45, 2.75) is 92.2 Å². The summed E-state index contributed by atoms with van der Waals surface area (Å²) in [5.74, 6) is -2.31. The number of carbonyl (C=O) groups is 4. The first-order valence-corrected chi connectivity index (χ1v) is 12.7. The van der Waals surface area contributed by atoms with E-state index in [0.29, 0.717) is 18.4 Å². The lowest BCUT2D eigenvalue weighted by molar-refractivity contribution is -0.158. The average Bonchev–Trinajstić information content (AvgIpc) is 2.84. The summed E-state index contributed by atoms with van der Waals surface area (Å²) in [7, 11) is 0. The summed E-state index contributed by atoms with van der Waals surface area (Å²) in [5.41, 5.74) is 6.63. The van der Waals surface area contributed by atoms with Crippen molar-refractivity contribution in [2.75, 3.05) is 6.61 Å². The van der Waals surface area contributed by atoms with Gasteiger partial charge in [-0.3, -0.25) is 19.2 Å². The Morgan fingerprint density at radius 2 is 1.39 bits per heavy atom. The van der Waals surface area contributed by atoms with Crippen LogP contribution in [0.3, 0.4) is 0 Å². The topological polar surface area (TPSA) is 131 Å². The molecular weight excluding hydrogens is 466 g/mol. The summed E-state index contributed by atoms with van der Waals surface area (Å²) < 4.78 is 21.4. The fourth-order valence-corrected chi connectivity index (χ4v) is 3.33. The molecule has 1 aromatic carbocycles. The third-order valence-corrected chi connectivity index (χ3v) is 5.52. The van der Waals surface area contributed by atoms with Gasteiger partial charge in [0.25, 0.3) is 0 Å². The smallest absolute Gasteiger partial charge is 0.323 e. The van der Waals surface area contributed by atoms with E-state index in [0.717, 1.165) is 12.8 Å². The first-order valence-electron chi connectivity index (χ1n) is 12.7. The minimum Gasteiger partial charge on any atom is -0.462 e. The molecule has 9 heteroatoms. The molecule has 202 valence electrons. The number of hydrogen-bond acceptors (Lipinski definition) is 9. The Balaban J connectivity index is 2.99. The fourth-order valence-electron chi connectivity index (χ4n) is 3.33. The molecule has 1 rings (SSSR count). The van der Waals surface area contributed by atoms with Gasteiger partial charge in [-0.15, -0.1) is 0 Å². The molecule has 0 heterocycles. The number of nitrogens with two attached hydrogens (primary N) is 1. The molecule has 0 aliphatic rings. The second kappa shape index (κ2) is 15.9. The van der Waals surface area contributed by atoms with Gasteiger partial charge in [-0.05, 0) is 43.9 Å². The number of rotatable bonds is 15. The number of hydrogen-bond donors (Lipinski definition) is 1. The monoisotopic (exact) mass is 507 g/mol. The Hall–Kier alpha value is -2.94. The predicted octanol–water partition coefficient (Wildman–Crippen LogP) is 4.12. The molecule has 0 aliphatic heterocycles. The fraction of sp³-hybridized carbons (Fsp3) is 0.630. The Bertz CT molecular complexity index is 885. The quantitative estimate of drug-likeness (QED) is 0.275. The van der Waals surface area contributed by atoms with E-state index in [1.807, 2.05) is 13.8 Å². The molecule has 0 aromatic heterocycles. The van der Waals surface area contributed by atoms with Crippen molar-refractivity contribution in [2.24, 2.45) is 17.6 Å². The highest BCUT2D eigenvalue weighted by molar-refractivity contribution is 5.79. The van der Waals surface area contributed by atoms with Crippen LogP contribution in [0, 0.1) is 11.8 Å². The third kappa shape index (κ3) is 10.8. The van der Waals surface area contributed by atoms with Gasteiger partial charge in [0, 0.05) is 6.42 Å². The van der Waals surface area contributed by atoms with Gasteiger partial charge in [0.2, 0.25) is 0 Å². The van der Waals surface area contributed by atoms with Gasteiger partial charge >= 0.3 is 23.9 Å². The molecule has 0 aliphatic carbocycles. The van der Waals surface area contributed by atoms with Crippen molar-refractivity contribution in [3.05, 3.63) is 23.8 Å². The van der Waals surface area contributed by atoms with E-state index in [4.69, 9.17) is 24.7 Å². The van der Waals surface area contributed by atoms with Crippen LogP contribution in [0.4, 0.5) is 0 Å².